The zero-order valence-electron chi connectivity index (χ0n) is 19.4. The number of halogens is 2. The van der Waals surface area contributed by atoms with Crippen molar-refractivity contribution in [1.82, 2.24) is 24.2 Å². The fraction of sp³-hybridized carbons (Fsp3) is 0.280. The molecule has 1 aromatic carbocycles. The molecule has 0 saturated carbocycles. The number of fused-ring (bicyclic) bond motifs is 1. The first-order valence-corrected chi connectivity index (χ1v) is 12.1. The van der Waals surface area contributed by atoms with Gasteiger partial charge in [-0.25, -0.2) is 4.98 Å². The number of piperazine rings is 1. The molecule has 35 heavy (non-hydrogen) atoms. The molecule has 0 aliphatic carbocycles. The number of hydrogen-bond donors (Lipinski definition) is 2. The minimum absolute atomic E-state index is 0.0116. The maximum Gasteiger partial charge on any atom is 0.244 e. The van der Waals surface area contributed by atoms with E-state index in [0.717, 1.165) is 23.3 Å². The molecule has 1 amide bonds. The van der Waals surface area contributed by atoms with Crippen LogP contribution in [0.1, 0.15) is 6.92 Å². The topological polar surface area (TPSA) is 89.6 Å². The smallest absolute Gasteiger partial charge is 0.244 e. The highest BCUT2D eigenvalue weighted by atomic mass is 35.5. The van der Waals surface area contributed by atoms with Crippen molar-refractivity contribution in [2.24, 2.45) is 0 Å². The van der Waals surface area contributed by atoms with Gasteiger partial charge in [-0.05, 0) is 13.0 Å². The van der Waals surface area contributed by atoms with Crippen LogP contribution in [0.4, 0.5) is 5.82 Å². The van der Waals surface area contributed by atoms with Crippen molar-refractivity contribution in [1.29, 1.82) is 5.41 Å². The van der Waals surface area contributed by atoms with Crippen LogP contribution in [0.5, 0.6) is 0 Å². The summed E-state index contributed by atoms with van der Waals surface area (Å²) >= 11 is 12.6. The van der Waals surface area contributed by atoms with E-state index in [1.807, 2.05) is 57.7 Å². The van der Waals surface area contributed by atoms with E-state index < -0.39 is 11.4 Å². The Morgan fingerprint density at radius 1 is 1.20 bits per heavy atom. The van der Waals surface area contributed by atoms with Crippen molar-refractivity contribution < 1.29 is 4.79 Å². The molecule has 0 spiro atoms. The molecule has 2 N–H and O–H groups in total. The van der Waals surface area contributed by atoms with Gasteiger partial charge in [0.1, 0.15) is 22.9 Å². The maximum absolute atomic E-state index is 13.4. The molecule has 2 aromatic heterocycles. The third-order valence-corrected chi connectivity index (χ3v) is 6.65. The number of amides is 1. The van der Waals surface area contributed by atoms with Gasteiger partial charge < -0.3 is 20.5 Å². The molecule has 1 aliphatic heterocycles. The summed E-state index contributed by atoms with van der Waals surface area (Å²) in [6, 6.07) is 9.37. The van der Waals surface area contributed by atoms with Gasteiger partial charge in [0.25, 0.3) is 0 Å². The summed E-state index contributed by atoms with van der Waals surface area (Å²) in [5.74, 6) is 0.731. The van der Waals surface area contributed by atoms with Crippen molar-refractivity contribution in [2.45, 2.75) is 18.3 Å². The van der Waals surface area contributed by atoms with Gasteiger partial charge in [-0.1, -0.05) is 48.5 Å². The van der Waals surface area contributed by atoms with Gasteiger partial charge >= 0.3 is 0 Å². The highest BCUT2D eigenvalue weighted by Crippen LogP contribution is 2.29. The van der Waals surface area contributed by atoms with Crippen LogP contribution in [0.25, 0.3) is 16.9 Å². The number of nitrogens with zero attached hydrogens (tertiary/aromatic N) is 5. The van der Waals surface area contributed by atoms with Crippen molar-refractivity contribution in [3.63, 3.8) is 0 Å². The molecule has 8 nitrogen and oxygen atoms in total. The van der Waals surface area contributed by atoms with E-state index in [0.29, 0.717) is 42.6 Å². The fourth-order valence-electron chi connectivity index (χ4n) is 4.19. The van der Waals surface area contributed by atoms with E-state index in [1.165, 1.54) is 6.08 Å². The Morgan fingerprint density at radius 2 is 1.89 bits per heavy atom. The molecule has 0 radical (unpaired) electrons. The zero-order chi connectivity index (χ0) is 24.9. The number of hydrogen-bond acceptors (Lipinski definition) is 6. The van der Waals surface area contributed by atoms with Crippen LogP contribution in [-0.2, 0) is 4.79 Å². The molecule has 182 valence electrons. The minimum atomic E-state index is -0.649. The standard InChI is InChI=1S/C25H27Cl2N7O/c1-3-19(26)23(20(27)15-28)32-11-13-33(14-12-32)25(35)17(2)30-24-22(18-7-5-4-6-8-18)31-21-16-29-9-10-34(21)24/h3-10,15-17,20,28,30H,1,11-14H2,2H3. The first kappa shape index (κ1) is 24.8. The molecule has 4 rings (SSSR count). The molecule has 2 unspecified atom stereocenters. The summed E-state index contributed by atoms with van der Waals surface area (Å²) in [4.78, 5) is 26.1. The summed E-state index contributed by atoms with van der Waals surface area (Å²) in [7, 11) is 0. The average molecular weight is 512 g/mol. The van der Waals surface area contributed by atoms with E-state index in [9.17, 15) is 4.79 Å². The summed E-state index contributed by atoms with van der Waals surface area (Å²) in [6.07, 6.45) is 7.88. The summed E-state index contributed by atoms with van der Waals surface area (Å²) in [6.45, 7) is 7.72. The molecule has 3 heterocycles. The van der Waals surface area contributed by atoms with Crippen LogP contribution in [0.2, 0.25) is 0 Å². The van der Waals surface area contributed by atoms with Gasteiger partial charge in [-0.2, -0.15) is 0 Å². The predicted octanol–water partition coefficient (Wildman–Crippen LogP) is 4.23. The number of carbonyl (C=O) groups excluding carboxylic acids is 1. The number of aromatic nitrogens is 3. The lowest BCUT2D eigenvalue weighted by molar-refractivity contribution is -0.133. The highest BCUT2D eigenvalue weighted by molar-refractivity contribution is 6.35. The predicted molar refractivity (Wildman–Crippen MR) is 141 cm³/mol. The SMILES string of the molecule is C=CC(Cl)=C(C(Cl)C=N)N1CCN(C(=O)C(C)Nc2c(-c3ccccc3)nc3cnccn23)CC1. The van der Waals surface area contributed by atoms with Gasteiger partial charge in [0.2, 0.25) is 5.91 Å². The number of nitrogens with one attached hydrogen (secondary N) is 2. The van der Waals surface area contributed by atoms with E-state index >= 15 is 0 Å². The maximum atomic E-state index is 13.4. The van der Waals surface area contributed by atoms with Crippen molar-refractivity contribution in [2.75, 3.05) is 31.5 Å². The summed E-state index contributed by atoms with van der Waals surface area (Å²) < 4.78 is 1.91. The highest BCUT2D eigenvalue weighted by Gasteiger charge is 2.29. The van der Waals surface area contributed by atoms with Crippen LogP contribution in [0, 0.1) is 5.41 Å². The van der Waals surface area contributed by atoms with E-state index in [-0.39, 0.29) is 5.91 Å². The Morgan fingerprint density at radius 3 is 2.54 bits per heavy atom. The second-order valence-corrected chi connectivity index (χ2v) is 9.04. The number of rotatable bonds is 8. The lowest BCUT2D eigenvalue weighted by atomic mass is 10.1. The van der Waals surface area contributed by atoms with Gasteiger partial charge in [0.05, 0.1) is 16.9 Å². The Balaban J connectivity index is 1.50. The van der Waals surface area contributed by atoms with Gasteiger partial charge in [0, 0.05) is 50.4 Å². The molecule has 1 aliphatic rings. The number of benzene rings is 1. The number of alkyl halides is 1. The van der Waals surface area contributed by atoms with Crippen molar-refractivity contribution >= 4 is 46.8 Å². The van der Waals surface area contributed by atoms with Crippen LogP contribution in [0.15, 0.2) is 72.3 Å². The second kappa shape index (κ2) is 10.9. The number of anilines is 1. The molecule has 0 bridgehead atoms. The summed E-state index contributed by atoms with van der Waals surface area (Å²) in [5.41, 5.74) is 3.05. The van der Waals surface area contributed by atoms with Gasteiger partial charge in [0.15, 0.2) is 5.65 Å². The first-order valence-electron chi connectivity index (χ1n) is 11.3. The Bertz CT molecular complexity index is 1250. The van der Waals surface area contributed by atoms with E-state index in [1.54, 1.807) is 12.4 Å². The number of allylic oxidation sites excluding steroid dienone is 3. The van der Waals surface area contributed by atoms with Crippen molar-refractivity contribution in [3.05, 3.63) is 72.3 Å². The molecular weight excluding hydrogens is 485 g/mol. The van der Waals surface area contributed by atoms with E-state index in [2.05, 4.69) is 16.9 Å². The van der Waals surface area contributed by atoms with Crippen molar-refractivity contribution in [3.8, 4) is 11.3 Å². The van der Waals surface area contributed by atoms with Crippen LogP contribution < -0.4 is 5.32 Å². The Kier molecular flexibility index (Phi) is 7.73. The monoisotopic (exact) mass is 511 g/mol. The lowest BCUT2D eigenvalue weighted by Crippen LogP contribution is -2.52. The largest absolute Gasteiger partial charge is 0.369 e. The Hall–Kier alpha value is -3.36. The molecule has 3 aromatic rings. The van der Waals surface area contributed by atoms with Gasteiger partial charge in [-0.15, -0.1) is 11.6 Å². The van der Waals surface area contributed by atoms with E-state index in [4.69, 9.17) is 33.6 Å². The summed E-state index contributed by atoms with van der Waals surface area (Å²) in [5, 5.41) is 10.7. The van der Waals surface area contributed by atoms with Crippen LogP contribution >= 0.6 is 23.2 Å². The number of carbonyl (C=O) groups is 1. The lowest BCUT2D eigenvalue weighted by Gasteiger charge is -2.39. The van der Waals surface area contributed by atoms with Gasteiger partial charge in [-0.3, -0.25) is 14.2 Å². The average Bonchev–Trinajstić information content (AvgIpc) is 3.27. The second-order valence-electron chi connectivity index (χ2n) is 8.16. The Labute approximate surface area is 214 Å². The number of imidazole rings is 1. The molecule has 2 atom stereocenters. The molecular formula is C25H27Cl2N7O. The fourth-order valence-corrected chi connectivity index (χ4v) is 4.74. The quantitative estimate of drug-likeness (QED) is 0.268. The third kappa shape index (κ3) is 5.18. The molecule has 10 heteroatoms. The molecule has 1 saturated heterocycles. The third-order valence-electron chi connectivity index (χ3n) is 5.96. The first-order chi connectivity index (χ1) is 16.9. The minimum Gasteiger partial charge on any atom is -0.369 e. The van der Waals surface area contributed by atoms with Crippen LogP contribution in [-0.4, -0.2) is 73.9 Å². The normalized spacial score (nSPS) is 16.4. The zero-order valence-corrected chi connectivity index (χ0v) is 20.9. The van der Waals surface area contributed by atoms with Crippen LogP contribution in [0.3, 0.4) is 0 Å². The molecule has 1 fully saturated rings.